The number of likely N-dealkylation sites (tertiary alicyclic amines) is 1. The van der Waals surface area contributed by atoms with E-state index in [-0.39, 0.29) is 48.7 Å². The maximum atomic E-state index is 13.5. The molecule has 208 valence electrons. The number of hydrogen-bond acceptors (Lipinski definition) is 7. The fraction of sp³-hybridized carbons (Fsp3) is 0.840. The first-order valence-electron chi connectivity index (χ1n) is 12.7. The molecule has 1 rings (SSSR count). The SMILES string of the molecule is CCC(C)C(C(CC(=O)N1CCCC1C(OC)C(C)C(=O)NCC(=O)O)OC)N(C)C(=O)CC(C)N. The van der Waals surface area contributed by atoms with Gasteiger partial charge in [0.15, 0.2) is 0 Å². The summed E-state index contributed by atoms with van der Waals surface area (Å²) in [5, 5.41) is 11.2. The van der Waals surface area contributed by atoms with Gasteiger partial charge in [-0.2, -0.15) is 0 Å². The quantitative estimate of drug-likeness (QED) is 0.291. The molecule has 0 aromatic carbocycles. The molecule has 0 bridgehead atoms. The van der Waals surface area contributed by atoms with Crippen molar-refractivity contribution < 1.29 is 33.8 Å². The van der Waals surface area contributed by atoms with Gasteiger partial charge in [-0.25, -0.2) is 0 Å². The molecule has 1 aliphatic heterocycles. The van der Waals surface area contributed by atoms with Gasteiger partial charge in [0, 0.05) is 40.3 Å². The Kier molecular flexibility index (Phi) is 13.3. The van der Waals surface area contributed by atoms with Crippen LogP contribution in [0.2, 0.25) is 0 Å². The molecule has 1 aliphatic rings. The number of nitrogens with one attached hydrogen (secondary N) is 1. The number of likely N-dealkylation sites (N-methyl/N-ethyl adjacent to an activating group) is 1. The second-order valence-corrected chi connectivity index (χ2v) is 9.94. The van der Waals surface area contributed by atoms with Crippen LogP contribution in [0.5, 0.6) is 0 Å². The maximum Gasteiger partial charge on any atom is 0.322 e. The number of methoxy groups -OCH3 is 2. The number of nitrogens with two attached hydrogens (primary N) is 1. The summed E-state index contributed by atoms with van der Waals surface area (Å²) in [6.07, 6.45) is 1.40. The molecule has 1 heterocycles. The molecular weight excluding hydrogens is 468 g/mol. The maximum absolute atomic E-state index is 13.5. The van der Waals surface area contributed by atoms with E-state index in [1.54, 1.807) is 37.8 Å². The Morgan fingerprint density at radius 3 is 2.28 bits per heavy atom. The Labute approximate surface area is 215 Å². The number of nitrogens with zero attached hydrogens (tertiary/aromatic N) is 2. The van der Waals surface area contributed by atoms with E-state index in [0.29, 0.717) is 13.0 Å². The molecule has 7 atom stereocenters. The Hall–Kier alpha value is -2.24. The van der Waals surface area contributed by atoms with E-state index in [0.717, 1.165) is 12.8 Å². The lowest BCUT2D eigenvalue weighted by molar-refractivity contribution is -0.146. The second kappa shape index (κ2) is 15.1. The zero-order chi connectivity index (χ0) is 27.6. The van der Waals surface area contributed by atoms with Crippen LogP contribution in [0.4, 0.5) is 0 Å². The first kappa shape index (κ1) is 31.8. The van der Waals surface area contributed by atoms with Gasteiger partial charge < -0.3 is 35.4 Å². The van der Waals surface area contributed by atoms with Crippen molar-refractivity contribution in [3.8, 4) is 0 Å². The summed E-state index contributed by atoms with van der Waals surface area (Å²) in [4.78, 5) is 53.0. The highest BCUT2D eigenvalue weighted by molar-refractivity contribution is 5.83. The number of rotatable bonds is 15. The molecule has 0 saturated carbocycles. The number of aliphatic carboxylic acids is 1. The molecular formula is C25H46N4O7. The summed E-state index contributed by atoms with van der Waals surface area (Å²) in [7, 11) is 4.77. The van der Waals surface area contributed by atoms with Crippen molar-refractivity contribution in [1.29, 1.82) is 0 Å². The zero-order valence-electron chi connectivity index (χ0n) is 22.9. The minimum atomic E-state index is -1.13. The van der Waals surface area contributed by atoms with Crippen molar-refractivity contribution in [2.24, 2.45) is 17.6 Å². The number of carboxylic acids is 1. The van der Waals surface area contributed by atoms with E-state index in [1.807, 2.05) is 13.8 Å². The molecule has 36 heavy (non-hydrogen) atoms. The average Bonchev–Trinajstić information content (AvgIpc) is 3.31. The highest BCUT2D eigenvalue weighted by atomic mass is 16.5. The molecule has 1 saturated heterocycles. The molecule has 11 heteroatoms. The van der Waals surface area contributed by atoms with Gasteiger partial charge in [-0.05, 0) is 25.7 Å². The van der Waals surface area contributed by atoms with Gasteiger partial charge >= 0.3 is 5.97 Å². The van der Waals surface area contributed by atoms with Crippen LogP contribution in [0.25, 0.3) is 0 Å². The molecule has 0 radical (unpaired) electrons. The van der Waals surface area contributed by atoms with Crippen molar-refractivity contribution in [1.82, 2.24) is 15.1 Å². The van der Waals surface area contributed by atoms with E-state index < -0.39 is 36.5 Å². The van der Waals surface area contributed by atoms with Crippen LogP contribution in [0.3, 0.4) is 0 Å². The molecule has 4 N–H and O–H groups in total. The van der Waals surface area contributed by atoms with Gasteiger partial charge in [0.1, 0.15) is 6.54 Å². The lowest BCUT2D eigenvalue weighted by Crippen LogP contribution is -2.53. The predicted octanol–water partition coefficient (Wildman–Crippen LogP) is 0.845. The fourth-order valence-electron chi connectivity index (χ4n) is 5.07. The summed E-state index contributed by atoms with van der Waals surface area (Å²) in [5.41, 5.74) is 5.84. The molecule has 0 aromatic rings. The topological polar surface area (TPSA) is 152 Å². The van der Waals surface area contributed by atoms with Crippen LogP contribution in [0.15, 0.2) is 0 Å². The van der Waals surface area contributed by atoms with Gasteiger partial charge in [0.05, 0.1) is 36.6 Å². The number of hydrogen-bond donors (Lipinski definition) is 3. The largest absolute Gasteiger partial charge is 0.480 e. The number of carbonyl (C=O) groups is 4. The number of carbonyl (C=O) groups excluding carboxylic acids is 3. The van der Waals surface area contributed by atoms with Crippen LogP contribution in [-0.2, 0) is 28.7 Å². The summed E-state index contributed by atoms with van der Waals surface area (Å²) in [6, 6.07) is -0.911. The highest BCUT2D eigenvalue weighted by Crippen LogP contribution is 2.29. The van der Waals surface area contributed by atoms with Crippen molar-refractivity contribution in [2.75, 3.05) is 34.4 Å². The Balaban J connectivity index is 3.05. The van der Waals surface area contributed by atoms with Crippen LogP contribution in [0.1, 0.15) is 59.8 Å². The Bertz CT molecular complexity index is 748. The van der Waals surface area contributed by atoms with E-state index in [1.165, 1.54) is 7.11 Å². The van der Waals surface area contributed by atoms with Crippen LogP contribution in [-0.4, -0.2) is 103 Å². The highest BCUT2D eigenvalue weighted by Gasteiger charge is 2.41. The average molecular weight is 515 g/mol. The van der Waals surface area contributed by atoms with Gasteiger partial charge in [-0.15, -0.1) is 0 Å². The van der Waals surface area contributed by atoms with Crippen LogP contribution >= 0.6 is 0 Å². The second-order valence-electron chi connectivity index (χ2n) is 9.94. The first-order valence-corrected chi connectivity index (χ1v) is 12.7. The Morgan fingerprint density at radius 1 is 1.14 bits per heavy atom. The number of ether oxygens (including phenoxy) is 2. The van der Waals surface area contributed by atoms with E-state index >= 15 is 0 Å². The first-order chi connectivity index (χ1) is 16.9. The van der Waals surface area contributed by atoms with Crippen molar-refractivity contribution in [3.05, 3.63) is 0 Å². The molecule has 7 unspecified atom stereocenters. The van der Waals surface area contributed by atoms with Crippen molar-refractivity contribution in [2.45, 2.75) is 90.1 Å². The van der Waals surface area contributed by atoms with Crippen LogP contribution in [0, 0.1) is 11.8 Å². The smallest absolute Gasteiger partial charge is 0.322 e. The summed E-state index contributed by atoms with van der Waals surface area (Å²) < 4.78 is 11.4. The minimum Gasteiger partial charge on any atom is -0.480 e. The fourth-order valence-corrected chi connectivity index (χ4v) is 5.07. The van der Waals surface area contributed by atoms with E-state index in [9.17, 15) is 19.2 Å². The van der Waals surface area contributed by atoms with E-state index in [4.69, 9.17) is 20.3 Å². The summed E-state index contributed by atoms with van der Waals surface area (Å²) in [5.74, 6) is -2.36. The Morgan fingerprint density at radius 2 is 1.78 bits per heavy atom. The normalized spacial score (nSPS) is 20.7. The van der Waals surface area contributed by atoms with E-state index in [2.05, 4.69) is 5.32 Å². The lowest BCUT2D eigenvalue weighted by atomic mass is 9.90. The number of carboxylic acid groups (broad SMARTS) is 1. The van der Waals surface area contributed by atoms with Crippen LogP contribution < -0.4 is 11.1 Å². The molecule has 0 spiro atoms. The molecule has 0 aromatic heterocycles. The third-order valence-electron chi connectivity index (χ3n) is 7.21. The molecule has 3 amide bonds. The van der Waals surface area contributed by atoms with Crippen molar-refractivity contribution in [3.63, 3.8) is 0 Å². The molecule has 0 aliphatic carbocycles. The molecule has 1 fully saturated rings. The predicted molar refractivity (Wildman–Crippen MR) is 135 cm³/mol. The van der Waals surface area contributed by atoms with Gasteiger partial charge in [-0.3, -0.25) is 19.2 Å². The third kappa shape index (κ3) is 8.70. The number of amides is 3. The standard InChI is InChI=1S/C25H46N4O7/c1-8-15(2)23(28(5)20(30)12-16(3)26)19(35-6)13-21(31)29-11-9-10-18(29)24(36-7)17(4)25(34)27-14-22(32)33/h15-19,23-24H,8-14,26H2,1-7H3,(H,27,34)(H,32,33). The lowest BCUT2D eigenvalue weighted by Gasteiger charge is -2.39. The zero-order valence-corrected chi connectivity index (χ0v) is 22.9. The third-order valence-corrected chi connectivity index (χ3v) is 7.21. The van der Waals surface area contributed by atoms with Gasteiger partial charge in [0.2, 0.25) is 17.7 Å². The summed E-state index contributed by atoms with van der Waals surface area (Å²) in [6.45, 7) is 7.57. The summed E-state index contributed by atoms with van der Waals surface area (Å²) >= 11 is 0. The monoisotopic (exact) mass is 514 g/mol. The minimum absolute atomic E-state index is 0.0772. The van der Waals surface area contributed by atoms with Crippen molar-refractivity contribution >= 4 is 23.7 Å². The van der Waals surface area contributed by atoms with Gasteiger partial charge in [0.25, 0.3) is 0 Å². The molecule has 11 nitrogen and oxygen atoms in total. The van der Waals surface area contributed by atoms with Gasteiger partial charge in [-0.1, -0.05) is 27.2 Å².